The number of ether oxygens (including phenoxy) is 1. The first-order chi connectivity index (χ1) is 17.9. The number of nitrogens with zero attached hydrogens (tertiary/aromatic N) is 1. The number of halogens is 2. The van der Waals surface area contributed by atoms with Crippen molar-refractivity contribution in [2.45, 2.75) is 65.1 Å². The van der Waals surface area contributed by atoms with Crippen molar-refractivity contribution in [2.24, 2.45) is 0 Å². The Labute approximate surface area is 236 Å². The van der Waals surface area contributed by atoms with E-state index in [-0.39, 0.29) is 36.4 Å². The van der Waals surface area contributed by atoms with Crippen LogP contribution >= 0.6 is 23.2 Å². The Bertz CT molecular complexity index is 1220. The fourth-order valence-electron chi connectivity index (χ4n) is 4.05. The molecule has 202 valence electrons. The predicted molar refractivity (Wildman–Crippen MR) is 155 cm³/mol. The molecule has 0 aliphatic heterocycles. The van der Waals surface area contributed by atoms with Crippen LogP contribution in [0.15, 0.2) is 72.8 Å². The molecule has 0 spiro atoms. The molecule has 0 saturated carbocycles. The van der Waals surface area contributed by atoms with E-state index < -0.39 is 6.04 Å². The van der Waals surface area contributed by atoms with E-state index >= 15 is 0 Å². The molecule has 2 amide bonds. The molecule has 38 heavy (non-hydrogen) atoms. The van der Waals surface area contributed by atoms with Gasteiger partial charge in [-0.3, -0.25) is 9.59 Å². The normalized spacial score (nSPS) is 12.2. The molecule has 7 heteroatoms. The van der Waals surface area contributed by atoms with Crippen LogP contribution in [0.4, 0.5) is 0 Å². The smallest absolute Gasteiger partial charge is 0.261 e. The Balaban J connectivity index is 1.90. The first-order valence-corrected chi connectivity index (χ1v) is 13.5. The van der Waals surface area contributed by atoms with E-state index in [0.29, 0.717) is 22.2 Å². The molecule has 0 heterocycles. The summed E-state index contributed by atoms with van der Waals surface area (Å²) in [7, 11) is 0. The third-order valence-corrected chi connectivity index (χ3v) is 6.86. The van der Waals surface area contributed by atoms with Crippen molar-refractivity contribution in [1.82, 2.24) is 10.2 Å². The highest BCUT2D eigenvalue weighted by Crippen LogP contribution is 2.26. The molecule has 3 rings (SSSR count). The largest absolute Gasteiger partial charge is 0.484 e. The maximum atomic E-state index is 13.7. The number of benzene rings is 3. The Morgan fingerprint density at radius 3 is 2.13 bits per heavy atom. The maximum Gasteiger partial charge on any atom is 0.261 e. The van der Waals surface area contributed by atoms with Crippen LogP contribution in [-0.2, 0) is 28.0 Å². The van der Waals surface area contributed by atoms with Gasteiger partial charge in [0.25, 0.3) is 5.91 Å². The number of hydrogen-bond donors (Lipinski definition) is 1. The van der Waals surface area contributed by atoms with E-state index in [1.54, 1.807) is 23.1 Å². The van der Waals surface area contributed by atoms with Gasteiger partial charge in [-0.15, -0.1) is 0 Å². The summed E-state index contributed by atoms with van der Waals surface area (Å²) in [5, 5.41) is 3.79. The van der Waals surface area contributed by atoms with Crippen LogP contribution in [0.5, 0.6) is 5.75 Å². The lowest BCUT2D eigenvalue weighted by Crippen LogP contribution is -2.52. The average Bonchev–Trinajstić information content (AvgIpc) is 2.86. The van der Waals surface area contributed by atoms with Gasteiger partial charge in [-0.1, -0.05) is 92.5 Å². The van der Waals surface area contributed by atoms with E-state index in [2.05, 4.69) is 26.1 Å². The third-order valence-electron chi connectivity index (χ3n) is 6.12. The number of nitrogens with one attached hydrogen (secondary N) is 1. The molecule has 1 atom stereocenters. The van der Waals surface area contributed by atoms with Crippen LogP contribution < -0.4 is 10.1 Å². The van der Waals surface area contributed by atoms with Crippen molar-refractivity contribution in [3.8, 4) is 5.75 Å². The first-order valence-electron chi connectivity index (χ1n) is 12.7. The lowest BCUT2D eigenvalue weighted by Gasteiger charge is -2.32. The summed E-state index contributed by atoms with van der Waals surface area (Å²) >= 11 is 12.4. The van der Waals surface area contributed by atoms with Gasteiger partial charge in [-0.2, -0.15) is 0 Å². The molecule has 0 bridgehead atoms. The Morgan fingerprint density at radius 1 is 0.895 bits per heavy atom. The number of carbonyl (C=O) groups is 2. The zero-order valence-corrected chi connectivity index (χ0v) is 24.1. The molecule has 3 aromatic rings. The second-order valence-electron chi connectivity index (χ2n) is 10.7. The highest BCUT2D eigenvalue weighted by Gasteiger charge is 2.31. The van der Waals surface area contributed by atoms with Crippen molar-refractivity contribution >= 4 is 35.0 Å². The van der Waals surface area contributed by atoms with Crippen LogP contribution in [-0.4, -0.2) is 35.4 Å². The summed E-state index contributed by atoms with van der Waals surface area (Å²) in [6.45, 7) is 10.2. The van der Waals surface area contributed by atoms with Gasteiger partial charge in [-0.05, 0) is 60.2 Å². The molecule has 0 radical (unpaired) electrons. The number of amides is 2. The summed E-state index contributed by atoms with van der Waals surface area (Å²) in [6, 6.07) is 21.8. The van der Waals surface area contributed by atoms with Gasteiger partial charge >= 0.3 is 0 Å². The minimum atomic E-state index is -0.756. The summed E-state index contributed by atoms with van der Waals surface area (Å²) in [5.74, 6) is 0.0506. The van der Waals surface area contributed by atoms with Crippen molar-refractivity contribution in [2.75, 3.05) is 6.61 Å². The highest BCUT2D eigenvalue weighted by atomic mass is 35.5. The number of rotatable bonds is 10. The van der Waals surface area contributed by atoms with Gasteiger partial charge in [0, 0.05) is 19.0 Å². The minimum absolute atomic E-state index is 0.0133. The average molecular weight is 556 g/mol. The molecule has 0 fully saturated rings. The van der Waals surface area contributed by atoms with Crippen molar-refractivity contribution < 1.29 is 14.3 Å². The summed E-state index contributed by atoms with van der Waals surface area (Å²) in [4.78, 5) is 28.7. The van der Waals surface area contributed by atoms with Gasteiger partial charge in [0.05, 0.1) is 10.0 Å². The lowest BCUT2D eigenvalue weighted by atomic mass is 9.87. The maximum absolute atomic E-state index is 13.7. The number of carbonyl (C=O) groups excluding carboxylic acids is 2. The Hall–Kier alpha value is -3.02. The van der Waals surface area contributed by atoms with E-state index in [0.717, 1.165) is 11.1 Å². The highest BCUT2D eigenvalue weighted by molar-refractivity contribution is 6.42. The van der Waals surface area contributed by atoms with Gasteiger partial charge in [0.1, 0.15) is 11.8 Å². The van der Waals surface area contributed by atoms with Crippen LogP contribution in [0.3, 0.4) is 0 Å². The third kappa shape index (κ3) is 8.50. The molecule has 1 N–H and O–H groups in total. The number of hydrogen-bond acceptors (Lipinski definition) is 3. The monoisotopic (exact) mass is 554 g/mol. The molecular formula is C31H36Cl2N2O3. The molecule has 0 unspecified atom stereocenters. The van der Waals surface area contributed by atoms with Crippen LogP contribution in [0.1, 0.15) is 51.3 Å². The minimum Gasteiger partial charge on any atom is -0.484 e. The van der Waals surface area contributed by atoms with E-state index in [1.807, 2.05) is 68.4 Å². The zero-order valence-electron chi connectivity index (χ0n) is 22.6. The zero-order chi connectivity index (χ0) is 27.9. The fourth-order valence-corrected chi connectivity index (χ4v) is 4.37. The molecule has 0 saturated heterocycles. The molecule has 0 aliphatic carbocycles. The second kappa shape index (κ2) is 13.2. The molecule has 0 aromatic heterocycles. The first kappa shape index (κ1) is 29.5. The van der Waals surface area contributed by atoms with E-state index in [4.69, 9.17) is 27.9 Å². The standard InChI is InChI=1S/C31H36Cl2N2O3/c1-21(2)34-30(37)28(18-22-9-7-6-8-10-22)35(19-23-11-16-26(32)27(33)17-23)29(36)20-38-25-14-12-24(13-15-25)31(3,4)5/h6-17,21,28H,18-20H2,1-5H3,(H,34,37)/t28-/m1/s1. The van der Waals surface area contributed by atoms with Gasteiger partial charge in [-0.25, -0.2) is 0 Å². The quantitative estimate of drug-likeness (QED) is 0.298. The van der Waals surface area contributed by atoms with Gasteiger partial charge in [0.2, 0.25) is 5.91 Å². The van der Waals surface area contributed by atoms with Gasteiger partial charge in [0.15, 0.2) is 6.61 Å². The molecular weight excluding hydrogens is 519 g/mol. The molecule has 3 aromatic carbocycles. The van der Waals surface area contributed by atoms with Crippen LogP contribution in [0, 0.1) is 0 Å². The van der Waals surface area contributed by atoms with E-state index in [9.17, 15) is 9.59 Å². The van der Waals surface area contributed by atoms with Crippen molar-refractivity contribution in [3.05, 3.63) is 99.5 Å². The fraction of sp³-hybridized carbons (Fsp3) is 0.355. The topological polar surface area (TPSA) is 58.6 Å². The summed E-state index contributed by atoms with van der Waals surface area (Å²) in [5.41, 5.74) is 2.89. The molecule has 5 nitrogen and oxygen atoms in total. The lowest BCUT2D eigenvalue weighted by molar-refractivity contribution is -0.143. The Kier molecular flexibility index (Phi) is 10.2. The summed E-state index contributed by atoms with van der Waals surface area (Å²) < 4.78 is 5.89. The molecule has 0 aliphatic rings. The van der Waals surface area contributed by atoms with Crippen LogP contribution in [0.25, 0.3) is 0 Å². The van der Waals surface area contributed by atoms with E-state index in [1.165, 1.54) is 5.56 Å². The van der Waals surface area contributed by atoms with Crippen LogP contribution in [0.2, 0.25) is 10.0 Å². The second-order valence-corrected chi connectivity index (χ2v) is 11.5. The predicted octanol–water partition coefficient (Wildman–Crippen LogP) is 6.83. The van der Waals surface area contributed by atoms with Crippen molar-refractivity contribution in [1.29, 1.82) is 0 Å². The van der Waals surface area contributed by atoms with Gasteiger partial charge < -0.3 is 15.0 Å². The summed E-state index contributed by atoms with van der Waals surface area (Å²) in [6.07, 6.45) is 0.354. The Morgan fingerprint density at radius 2 is 1.55 bits per heavy atom. The van der Waals surface area contributed by atoms with Crippen molar-refractivity contribution in [3.63, 3.8) is 0 Å². The SMILES string of the molecule is CC(C)NC(=O)[C@@H](Cc1ccccc1)N(Cc1ccc(Cl)c(Cl)c1)C(=O)COc1ccc(C(C)(C)C)cc1.